The van der Waals surface area contributed by atoms with E-state index in [0.717, 1.165) is 6.42 Å². The SMILES string of the molecule is CCC(/C=C\N(C)N)C(C)(C)C. The first kappa shape index (κ1) is 11.5. The molecule has 12 heavy (non-hydrogen) atoms. The average Bonchev–Trinajstić information content (AvgIpc) is 1.85. The predicted molar refractivity (Wildman–Crippen MR) is 54.3 cm³/mol. The largest absolute Gasteiger partial charge is 0.322 e. The topological polar surface area (TPSA) is 29.3 Å². The van der Waals surface area contributed by atoms with Gasteiger partial charge in [0.1, 0.15) is 0 Å². The minimum absolute atomic E-state index is 0.335. The second-order valence-electron chi connectivity index (χ2n) is 4.39. The molecular weight excluding hydrogens is 148 g/mol. The summed E-state index contributed by atoms with van der Waals surface area (Å²) >= 11 is 0. The maximum Gasteiger partial charge on any atom is 0.0222 e. The van der Waals surface area contributed by atoms with Crippen LogP contribution in [-0.2, 0) is 0 Å². The molecular formula is C10H22N2. The highest BCUT2D eigenvalue weighted by molar-refractivity contribution is 4.91. The van der Waals surface area contributed by atoms with Gasteiger partial charge in [0.05, 0.1) is 0 Å². The molecule has 0 heterocycles. The summed E-state index contributed by atoms with van der Waals surface area (Å²) in [5, 5.41) is 1.59. The molecule has 0 aromatic heterocycles. The molecule has 0 aromatic carbocycles. The fourth-order valence-electron chi connectivity index (χ4n) is 1.28. The van der Waals surface area contributed by atoms with Gasteiger partial charge in [-0.2, -0.15) is 0 Å². The zero-order valence-electron chi connectivity index (χ0n) is 8.96. The van der Waals surface area contributed by atoms with Gasteiger partial charge in [-0.25, -0.2) is 5.84 Å². The summed E-state index contributed by atoms with van der Waals surface area (Å²) in [6, 6.07) is 0. The zero-order valence-corrected chi connectivity index (χ0v) is 8.96. The summed E-state index contributed by atoms with van der Waals surface area (Å²) in [6.07, 6.45) is 5.27. The molecule has 0 saturated carbocycles. The third-order valence-electron chi connectivity index (χ3n) is 2.11. The molecule has 0 fully saturated rings. The normalized spacial score (nSPS) is 15.2. The van der Waals surface area contributed by atoms with Crippen LogP contribution in [0.4, 0.5) is 0 Å². The van der Waals surface area contributed by atoms with Crippen molar-refractivity contribution in [1.82, 2.24) is 5.01 Å². The van der Waals surface area contributed by atoms with Gasteiger partial charge in [-0.1, -0.05) is 33.8 Å². The van der Waals surface area contributed by atoms with Gasteiger partial charge in [-0.15, -0.1) is 0 Å². The van der Waals surface area contributed by atoms with Crippen LogP contribution in [0.3, 0.4) is 0 Å². The number of allylic oxidation sites excluding steroid dienone is 1. The maximum atomic E-state index is 5.49. The molecule has 0 aromatic rings. The van der Waals surface area contributed by atoms with E-state index in [9.17, 15) is 0 Å². The molecule has 0 rings (SSSR count). The van der Waals surface area contributed by atoms with Crippen LogP contribution >= 0.6 is 0 Å². The Morgan fingerprint density at radius 3 is 2.17 bits per heavy atom. The standard InChI is InChI=1S/C10H22N2/c1-6-9(10(2,3)4)7-8-12(5)11/h7-9H,6,11H2,1-5H3/b8-7-. The summed E-state index contributed by atoms with van der Waals surface area (Å²) in [7, 11) is 1.84. The van der Waals surface area contributed by atoms with E-state index in [2.05, 4.69) is 33.8 Å². The molecule has 0 spiro atoms. The monoisotopic (exact) mass is 170 g/mol. The molecule has 2 N–H and O–H groups in total. The lowest BCUT2D eigenvalue weighted by molar-refractivity contribution is 0.282. The van der Waals surface area contributed by atoms with Crippen molar-refractivity contribution in [3.63, 3.8) is 0 Å². The molecule has 0 aliphatic carbocycles. The number of hydrazine groups is 1. The van der Waals surface area contributed by atoms with Gasteiger partial charge in [-0.05, 0) is 17.8 Å². The maximum absolute atomic E-state index is 5.49. The Hall–Kier alpha value is -0.500. The van der Waals surface area contributed by atoms with E-state index >= 15 is 0 Å². The van der Waals surface area contributed by atoms with E-state index in [1.165, 1.54) is 0 Å². The van der Waals surface area contributed by atoms with E-state index < -0.39 is 0 Å². The molecule has 2 nitrogen and oxygen atoms in total. The fourth-order valence-corrected chi connectivity index (χ4v) is 1.28. The Labute approximate surface area is 76.4 Å². The lowest BCUT2D eigenvalue weighted by Crippen LogP contribution is -2.22. The van der Waals surface area contributed by atoms with Crippen molar-refractivity contribution in [3.8, 4) is 0 Å². The van der Waals surface area contributed by atoms with Crippen LogP contribution in [-0.4, -0.2) is 12.1 Å². The summed E-state index contributed by atoms with van der Waals surface area (Å²) in [6.45, 7) is 8.96. The lowest BCUT2D eigenvalue weighted by Gasteiger charge is -2.27. The van der Waals surface area contributed by atoms with Crippen LogP contribution in [0.1, 0.15) is 34.1 Å². The van der Waals surface area contributed by atoms with Crippen LogP contribution in [0, 0.1) is 11.3 Å². The quantitative estimate of drug-likeness (QED) is 0.520. The smallest absolute Gasteiger partial charge is 0.0222 e. The molecule has 2 heteroatoms. The number of hydrogen-bond donors (Lipinski definition) is 1. The summed E-state index contributed by atoms with van der Waals surface area (Å²) in [4.78, 5) is 0. The van der Waals surface area contributed by atoms with Gasteiger partial charge in [0.25, 0.3) is 0 Å². The van der Waals surface area contributed by atoms with Crippen molar-refractivity contribution in [2.45, 2.75) is 34.1 Å². The van der Waals surface area contributed by atoms with Gasteiger partial charge in [0, 0.05) is 13.2 Å². The third kappa shape index (κ3) is 4.39. The van der Waals surface area contributed by atoms with Crippen molar-refractivity contribution in [2.75, 3.05) is 7.05 Å². The van der Waals surface area contributed by atoms with E-state index in [1.807, 2.05) is 13.2 Å². The van der Waals surface area contributed by atoms with E-state index in [-0.39, 0.29) is 0 Å². The van der Waals surface area contributed by atoms with Crippen molar-refractivity contribution in [3.05, 3.63) is 12.3 Å². The second kappa shape index (κ2) is 4.51. The summed E-state index contributed by atoms with van der Waals surface area (Å²) < 4.78 is 0. The van der Waals surface area contributed by atoms with Crippen molar-refractivity contribution >= 4 is 0 Å². The van der Waals surface area contributed by atoms with Gasteiger partial charge in [-0.3, -0.25) is 0 Å². The molecule has 1 unspecified atom stereocenters. The van der Waals surface area contributed by atoms with Crippen LogP contribution in [0.5, 0.6) is 0 Å². The highest BCUT2D eigenvalue weighted by Gasteiger charge is 2.19. The second-order valence-corrected chi connectivity index (χ2v) is 4.39. The van der Waals surface area contributed by atoms with Crippen LogP contribution in [0.25, 0.3) is 0 Å². The van der Waals surface area contributed by atoms with Gasteiger partial charge >= 0.3 is 0 Å². The molecule has 0 radical (unpaired) electrons. The Morgan fingerprint density at radius 2 is 1.92 bits per heavy atom. The number of hydrogen-bond acceptors (Lipinski definition) is 2. The lowest BCUT2D eigenvalue weighted by atomic mass is 9.79. The van der Waals surface area contributed by atoms with Crippen LogP contribution in [0.2, 0.25) is 0 Å². The minimum atomic E-state index is 0.335. The minimum Gasteiger partial charge on any atom is -0.322 e. The highest BCUT2D eigenvalue weighted by atomic mass is 15.4. The molecule has 72 valence electrons. The Kier molecular flexibility index (Phi) is 4.32. The van der Waals surface area contributed by atoms with E-state index in [0.29, 0.717) is 11.3 Å². The Bertz CT molecular complexity index is 142. The van der Waals surface area contributed by atoms with Crippen LogP contribution in [0.15, 0.2) is 12.3 Å². The van der Waals surface area contributed by atoms with E-state index in [4.69, 9.17) is 5.84 Å². The van der Waals surface area contributed by atoms with Crippen molar-refractivity contribution < 1.29 is 0 Å². The number of nitrogens with zero attached hydrogens (tertiary/aromatic N) is 1. The first-order valence-electron chi connectivity index (χ1n) is 4.53. The number of rotatable bonds is 3. The van der Waals surface area contributed by atoms with Gasteiger partial charge < -0.3 is 5.01 Å². The Morgan fingerprint density at radius 1 is 1.42 bits per heavy atom. The molecule has 0 amide bonds. The molecule has 0 bridgehead atoms. The van der Waals surface area contributed by atoms with Crippen molar-refractivity contribution in [2.24, 2.45) is 17.2 Å². The Balaban J connectivity index is 4.18. The summed E-state index contributed by atoms with van der Waals surface area (Å²) in [5.41, 5.74) is 0.335. The molecule has 0 saturated heterocycles. The first-order chi connectivity index (χ1) is 5.38. The van der Waals surface area contributed by atoms with Gasteiger partial charge in [0.2, 0.25) is 0 Å². The van der Waals surface area contributed by atoms with Crippen LogP contribution < -0.4 is 5.84 Å². The molecule has 0 aliphatic heterocycles. The first-order valence-corrected chi connectivity index (χ1v) is 4.53. The highest BCUT2D eigenvalue weighted by Crippen LogP contribution is 2.29. The fraction of sp³-hybridized carbons (Fsp3) is 0.800. The zero-order chi connectivity index (χ0) is 9.78. The third-order valence-corrected chi connectivity index (χ3v) is 2.11. The predicted octanol–water partition coefficient (Wildman–Crippen LogP) is 2.38. The van der Waals surface area contributed by atoms with Gasteiger partial charge in [0.15, 0.2) is 0 Å². The summed E-state index contributed by atoms with van der Waals surface area (Å²) in [5.74, 6) is 6.09. The average molecular weight is 170 g/mol. The molecule has 1 atom stereocenters. The van der Waals surface area contributed by atoms with E-state index in [1.54, 1.807) is 5.01 Å². The molecule has 0 aliphatic rings. The van der Waals surface area contributed by atoms with Crippen molar-refractivity contribution in [1.29, 1.82) is 0 Å². The number of nitrogens with two attached hydrogens (primary N) is 1.